The molecule has 2 aromatic heterocycles. The Kier molecular flexibility index (Phi) is 9.08. The average Bonchev–Trinajstić information content (AvgIpc) is 3.65. The first kappa shape index (κ1) is 44.5. The zero-order chi connectivity index (χ0) is 53.0. The molecule has 1 unspecified atom stereocenters. The standard InChI is InChI=1S/C78H48N2O/c1-3-22-50(23-4-1)77(51-24-5-2-6-25-51)61-34-13-9-29-58(61)73-56-28-8-7-26-54(56)70(48-66(73)77)79(52-46-44-49(45-47-52)53-32-20-43-72-74(53)60-31-12-18-42-71(60)81-72)69-41-21-37-64-75(69)59-30-10-14-35-62(59)78(64)63-36-15-17-40-68(63)80-67-39-16-11-27-55(67)57-33-19-38-65(78)76(57)80/h1-48H. The lowest BCUT2D eigenvalue weighted by molar-refractivity contribution is 0.669. The van der Waals surface area contributed by atoms with Crippen molar-refractivity contribution in [3.63, 3.8) is 0 Å². The van der Waals surface area contributed by atoms with Crippen LogP contribution < -0.4 is 4.90 Å². The molecule has 81 heavy (non-hydrogen) atoms. The second-order valence-electron chi connectivity index (χ2n) is 22.1. The zero-order valence-corrected chi connectivity index (χ0v) is 44.0. The third kappa shape index (κ3) is 5.71. The van der Waals surface area contributed by atoms with Crippen LogP contribution in [0.4, 0.5) is 17.1 Å². The van der Waals surface area contributed by atoms with Crippen LogP contribution in [-0.4, -0.2) is 4.57 Å². The molecule has 3 nitrogen and oxygen atoms in total. The number of para-hydroxylation sites is 4. The molecular weight excluding hydrogens is 981 g/mol. The molecule has 0 fully saturated rings. The van der Waals surface area contributed by atoms with Crippen molar-refractivity contribution in [3.8, 4) is 39.1 Å². The van der Waals surface area contributed by atoms with Gasteiger partial charge in [-0.15, -0.1) is 0 Å². The fourth-order valence-electron chi connectivity index (χ4n) is 15.5. The Hall–Kier alpha value is -10.5. The summed E-state index contributed by atoms with van der Waals surface area (Å²) in [5.74, 6) is 0. The van der Waals surface area contributed by atoms with Gasteiger partial charge in [0.05, 0.1) is 38.9 Å². The lowest BCUT2D eigenvalue weighted by Gasteiger charge is -2.40. The van der Waals surface area contributed by atoms with Crippen molar-refractivity contribution >= 4 is 71.6 Å². The minimum atomic E-state index is -0.637. The maximum absolute atomic E-state index is 6.46. The van der Waals surface area contributed by atoms with Gasteiger partial charge in [-0.05, 0) is 126 Å². The quantitative estimate of drug-likeness (QED) is 0.166. The third-order valence-electron chi connectivity index (χ3n) is 18.5. The van der Waals surface area contributed by atoms with Gasteiger partial charge in [0.25, 0.3) is 0 Å². The molecule has 18 rings (SSSR count). The van der Waals surface area contributed by atoms with Gasteiger partial charge < -0.3 is 13.9 Å². The van der Waals surface area contributed by atoms with Gasteiger partial charge in [-0.25, -0.2) is 0 Å². The van der Waals surface area contributed by atoms with E-state index in [0.29, 0.717) is 0 Å². The second-order valence-corrected chi connectivity index (χ2v) is 22.1. The van der Waals surface area contributed by atoms with Gasteiger partial charge in [-0.2, -0.15) is 0 Å². The van der Waals surface area contributed by atoms with Crippen LogP contribution in [0.5, 0.6) is 0 Å². The Morgan fingerprint density at radius 3 is 1.64 bits per heavy atom. The monoisotopic (exact) mass is 1030 g/mol. The molecule has 0 N–H and O–H groups in total. The highest BCUT2D eigenvalue weighted by Gasteiger charge is 2.52. The molecule has 1 spiro atoms. The van der Waals surface area contributed by atoms with E-state index in [1.54, 1.807) is 0 Å². The highest BCUT2D eigenvalue weighted by molar-refractivity contribution is 6.16. The highest BCUT2D eigenvalue weighted by Crippen LogP contribution is 2.65. The fourth-order valence-corrected chi connectivity index (χ4v) is 15.5. The fraction of sp³-hybridized carbons (Fsp3) is 0.0256. The molecular formula is C78H48N2O. The number of benzene rings is 13. The van der Waals surface area contributed by atoms with E-state index in [2.05, 4.69) is 295 Å². The van der Waals surface area contributed by atoms with Crippen molar-refractivity contribution in [2.45, 2.75) is 10.8 Å². The van der Waals surface area contributed by atoms with Crippen LogP contribution in [0.1, 0.15) is 44.5 Å². The SMILES string of the molecule is c1ccc(C2(c3ccccc3)c3ccccc3-c3c2cc(N(c2ccc(-c4cccc5oc6ccccc6c45)cc2)c2cccc4c2-c2ccccc2C42c4ccccc4-n4c5ccccc5c5cccc2c54)c2ccccc32)cc1. The summed E-state index contributed by atoms with van der Waals surface area (Å²) >= 11 is 0. The van der Waals surface area contributed by atoms with E-state index in [-0.39, 0.29) is 0 Å². The number of fused-ring (bicyclic) bond motifs is 20. The van der Waals surface area contributed by atoms with E-state index in [1.807, 2.05) is 6.07 Å². The smallest absolute Gasteiger partial charge is 0.136 e. The summed E-state index contributed by atoms with van der Waals surface area (Å²) in [5.41, 5.74) is 25.0. The Morgan fingerprint density at radius 1 is 0.321 bits per heavy atom. The maximum Gasteiger partial charge on any atom is 0.136 e. The van der Waals surface area contributed by atoms with Gasteiger partial charge in [-0.1, -0.05) is 243 Å². The molecule has 3 heteroatoms. The van der Waals surface area contributed by atoms with E-state index in [9.17, 15) is 0 Å². The van der Waals surface area contributed by atoms with Crippen molar-refractivity contribution < 1.29 is 4.42 Å². The third-order valence-corrected chi connectivity index (χ3v) is 18.5. The van der Waals surface area contributed by atoms with Crippen LogP contribution in [0.25, 0.3) is 93.6 Å². The van der Waals surface area contributed by atoms with Crippen molar-refractivity contribution in [2.75, 3.05) is 4.90 Å². The summed E-state index contributed by atoms with van der Waals surface area (Å²) in [7, 11) is 0. The highest BCUT2D eigenvalue weighted by atomic mass is 16.3. The van der Waals surface area contributed by atoms with Gasteiger partial charge in [-0.3, -0.25) is 0 Å². The van der Waals surface area contributed by atoms with Crippen LogP contribution in [-0.2, 0) is 10.8 Å². The van der Waals surface area contributed by atoms with E-state index in [4.69, 9.17) is 4.42 Å². The Balaban J connectivity index is 0.962. The van der Waals surface area contributed by atoms with Crippen molar-refractivity contribution in [1.82, 2.24) is 4.57 Å². The number of aromatic nitrogens is 1. The summed E-state index contributed by atoms with van der Waals surface area (Å²) in [5, 5.41) is 7.18. The van der Waals surface area contributed by atoms with E-state index in [1.165, 1.54) is 105 Å². The first-order valence-electron chi connectivity index (χ1n) is 28.2. The molecule has 1 atom stereocenters. The summed E-state index contributed by atoms with van der Waals surface area (Å²) in [6.07, 6.45) is 0. The molecule has 0 radical (unpaired) electrons. The zero-order valence-electron chi connectivity index (χ0n) is 44.0. The van der Waals surface area contributed by atoms with Gasteiger partial charge in [0.1, 0.15) is 11.2 Å². The van der Waals surface area contributed by atoms with Gasteiger partial charge in [0.15, 0.2) is 0 Å². The van der Waals surface area contributed by atoms with Crippen LogP contribution in [0.15, 0.2) is 296 Å². The maximum atomic E-state index is 6.46. The molecule has 1 aliphatic heterocycles. The lowest BCUT2D eigenvalue weighted by Crippen LogP contribution is -2.33. The molecule has 0 amide bonds. The molecule has 376 valence electrons. The number of furan rings is 1. The van der Waals surface area contributed by atoms with E-state index < -0.39 is 10.8 Å². The summed E-state index contributed by atoms with van der Waals surface area (Å²) in [6.45, 7) is 0. The largest absolute Gasteiger partial charge is 0.456 e. The molecule has 0 saturated carbocycles. The summed E-state index contributed by atoms with van der Waals surface area (Å²) < 4.78 is 8.99. The summed E-state index contributed by atoms with van der Waals surface area (Å²) in [6, 6.07) is 109. The first-order chi connectivity index (χ1) is 40.2. The van der Waals surface area contributed by atoms with Gasteiger partial charge in [0.2, 0.25) is 0 Å². The number of rotatable bonds is 6. The van der Waals surface area contributed by atoms with E-state index in [0.717, 1.165) is 50.1 Å². The van der Waals surface area contributed by atoms with Crippen LogP contribution in [0.2, 0.25) is 0 Å². The minimum absolute atomic E-state index is 0.632. The predicted octanol–water partition coefficient (Wildman–Crippen LogP) is 20.0. The molecule has 15 aromatic rings. The van der Waals surface area contributed by atoms with Gasteiger partial charge >= 0.3 is 0 Å². The Bertz CT molecular complexity index is 5080. The normalized spacial score (nSPS) is 15.1. The van der Waals surface area contributed by atoms with Crippen LogP contribution in [0.3, 0.4) is 0 Å². The lowest BCUT2D eigenvalue weighted by atomic mass is 9.65. The number of anilines is 3. The average molecular weight is 1030 g/mol. The predicted molar refractivity (Wildman–Crippen MR) is 334 cm³/mol. The number of hydrogen-bond donors (Lipinski definition) is 0. The number of nitrogens with zero attached hydrogens (tertiary/aromatic N) is 2. The van der Waals surface area contributed by atoms with Crippen molar-refractivity contribution in [2.24, 2.45) is 0 Å². The van der Waals surface area contributed by atoms with Crippen molar-refractivity contribution in [1.29, 1.82) is 0 Å². The first-order valence-corrected chi connectivity index (χ1v) is 28.2. The Labute approximate surface area is 468 Å². The van der Waals surface area contributed by atoms with E-state index >= 15 is 0 Å². The minimum Gasteiger partial charge on any atom is -0.456 e. The van der Waals surface area contributed by atoms with Crippen LogP contribution >= 0.6 is 0 Å². The Morgan fingerprint density at radius 2 is 0.864 bits per heavy atom. The van der Waals surface area contributed by atoms with Crippen LogP contribution in [0, 0.1) is 0 Å². The summed E-state index contributed by atoms with van der Waals surface area (Å²) in [4.78, 5) is 2.60. The molecule has 3 aliphatic rings. The second kappa shape index (κ2) is 16.5. The number of hydrogen-bond acceptors (Lipinski definition) is 2. The molecule has 13 aromatic carbocycles. The molecule has 3 heterocycles. The molecule has 0 bridgehead atoms. The molecule has 2 aliphatic carbocycles. The van der Waals surface area contributed by atoms with Gasteiger partial charge in [0, 0.05) is 38.2 Å². The molecule has 0 saturated heterocycles. The topological polar surface area (TPSA) is 21.3 Å². The van der Waals surface area contributed by atoms with Crippen molar-refractivity contribution in [3.05, 3.63) is 336 Å².